The molecular weight excluding hydrogens is 262 g/mol. The SMILES string of the molecule is CC(CNCc1ccc2c(c1)OCCCO2)S(C)=O. The van der Waals surface area contributed by atoms with E-state index in [0.717, 1.165) is 36.6 Å². The summed E-state index contributed by atoms with van der Waals surface area (Å²) >= 11 is 0. The molecule has 106 valence electrons. The first-order chi connectivity index (χ1) is 9.16. The van der Waals surface area contributed by atoms with Crippen molar-refractivity contribution in [2.75, 3.05) is 26.0 Å². The number of nitrogens with one attached hydrogen (secondary N) is 1. The van der Waals surface area contributed by atoms with Gasteiger partial charge < -0.3 is 14.8 Å². The summed E-state index contributed by atoms with van der Waals surface area (Å²) in [5.41, 5.74) is 1.15. The van der Waals surface area contributed by atoms with Gasteiger partial charge in [0.15, 0.2) is 11.5 Å². The predicted octanol–water partition coefficient (Wildman–Crippen LogP) is 1.70. The summed E-state index contributed by atoms with van der Waals surface area (Å²) in [4.78, 5) is 0. The average Bonchev–Trinajstić information content (AvgIpc) is 2.63. The van der Waals surface area contributed by atoms with Crippen molar-refractivity contribution in [3.05, 3.63) is 23.8 Å². The van der Waals surface area contributed by atoms with Crippen molar-refractivity contribution < 1.29 is 13.7 Å². The lowest BCUT2D eigenvalue weighted by Crippen LogP contribution is -2.27. The molecule has 0 aromatic heterocycles. The highest BCUT2D eigenvalue weighted by atomic mass is 32.2. The lowest BCUT2D eigenvalue weighted by atomic mass is 10.2. The van der Waals surface area contributed by atoms with Crippen LogP contribution < -0.4 is 14.8 Å². The molecule has 5 heteroatoms. The smallest absolute Gasteiger partial charge is 0.161 e. The second kappa shape index (κ2) is 6.91. The predicted molar refractivity (Wildman–Crippen MR) is 77.3 cm³/mol. The summed E-state index contributed by atoms with van der Waals surface area (Å²) in [6, 6.07) is 6.01. The van der Waals surface area contributed by atoms with Gasteiger partial charge in [0, 0.05) is 41.8 Å². The van der Waals surface area contributed by atoms with Gasteiger partial charge in [0.05, 0.1) is 13.2 Å². The second-order valence-electron chi connectivity index (χ2n) is 4.77. The highest BCUT2D eigenvalue weighted by Crippen LogP contribution is 2.30. The number of hydrogen-bond donors (Lipinski definition) is 1. The third-order valence-corrected chi connectivity index (χ3v) is 4.44. The Morgan fingerprint density at radius 2 is 2.05 bits per heavy atom. The summed E-state index contributed by atoms with van der Waals surface area (Å²) in [6.45, 7) is 4.90. The minimum absolute atomic E-state index is 0.167. The number of rotatable bonds is 5. The van der Waals surface area contributed by atoms with Crippen molar-refractivity contribution in [2.45, 2.75) is 25.1 Å². The van der Waals surface area contributed by atoms with E-state index in [1.807, 2.05) is 25.1 Å². The van der Waals surface area contributed by atoms with Crippen molar-refractivity contribution in [3.8, 4) is 11.5 Å². The second-order valence-corrected chi connectivity index (χ2v) is 6.57. The molecule has 0 fully saturated rings. The largest absolute Gasteiger partial charge is 0.490 e. The van der Waals surface area contributed by atoms with Crippen molar-refractivity contribution in [1.82, 2.24) is 5.32 Å². The quantitative estimate of drug-likeness (QED) is 0.893. The molecule has 0 saturated heterocycles. The van der Waals surface area contributed by atoms with E-state index in [0.29, 0.717) is 13.2 Å². The Bertz CT molecular complexity index is 450. The zero-order chi connectivity index (χ0) is 13.7. The van der Waals surface area contributed by atoms with Crippen LogP contribution in [0, 0.1) is 0 Å². The van der Waals surface area contributed by atoms with Crippen LogP contribution in [0.5, 0.6) is 11.5 Å². The van der Waals surface area contributed by atoms with Crippen molar-refractivity contribution in [1.29, 1.82) is 0 Å². The zero-order valence-corrected chi connectivity index (χ0v) is 12.3. The maximum Gasteiger partial charge on any atom is 0.161 e. The number of fused-ring (bicyclic) bond motifs is 1. The molecule has 1 aliphatic heterocycles. The van der Waals surface area contributed by atoms with Crippen molar-refractivity contribution in [3.63, 3.8) is 0 Å². The summed E-state index contributed by atoms with van der Waals surface area (Å²) < 4.78 is 22.5. The van der Waals surface area contributed by atoms with E-state index in [-0.39, 0.29) is 5.25 Å². The molecule has 1 aromatic carbocycles. The van der Waals surface area contributed by atoms with E-state index in [9.17, 15) is 4.21 Å². The average molecular weight is 283 g/mol. The van der Waals surface area contributed by atoms with E-state index in [1.54, 1.807) is 6.26 Å². The van der Waals surface area contributed by atoms with Crippen LogP contribution in [0.3, 0.4) is 0 Å². The molecule has 1 N–H and O–H groups in total. The number of hydrogen-bond acceptors (Lipinski definition) is 4. The Balaban J connectivity index is 1.91. The molecule has 2 unspecified atom stereocenters. The number of benzene rings is 1. The van der Waals surface area contributed by atoms with Gasteiger partial charge in [0.25, 0.3) is 0 Å². The van der Waals surface area contributed by atoms with Gasteiger partial charge in [0.2, 0.25) is 0 Å². The zero-order valence-electron chi connectivity index (χ0n) is 11.5. The fourth-order valence-corrected chi connectivity index (χ4v) is 2.21. The normalized spacial score (nSPS) is 17.6. The van der Waals surface area contributed by atoms with Crippen LogP contribution in [0.2, 0.25) is 0 Å². The van der Waals surface area contributed by atoms with E-state index < -0.39 is 10.8 Å². The van der Waals surface area contributed by atoms with E-state index in [1.165, 1.54) is 0 Å². The minimum Gasteiger partial charge on any atom is -0.490 e. The fraction of sp³-hybridized carbons (Fsp3) is 0.571. The van der Waals surface area contributed by atoms with Gasteiger partial charge in [-0.25, -0.2) is 0 Å². The molecule has 0 aliphatic carbocycles. The molecule has 0 amide bonds. The summed E-state index contributed by atoms with van der Waals surface area (Å²) in [5.74, 6) is 1.65. The number of ether oxygens (including phenoxy) is 2. The van der Waals surface area contributed by atoms with Gasteiger partial charge in [-0.1, -0.05) is 6.07 Å². The Hall–Kier alpha value is -1.07. The monoisotopic (exact) mass is 283 g/mol. The van der Waals surface area contributed by atoms with Crippen LogP contribution in [0.1, 0.15) is 18.9 Å². The topological polar surface area (TPSA) is 47.6 Å². The van der Waals surface area contributed by atoms with Crippen LogP contribution in [0.15, 0.2) is 18.2 Å². The first-order valence-electron chi connectivity index (χ1n) is 6.58. The van der Waals surface area contributed by atoms with Crippen molar-refractivity contribution in [2.24, 2.45) is 0 Å². The third kappa shape index (κ3) is 4.21. The Labute approximate surface area is 116 Å². The van der Waals surface area contributed by atoms with E-state index in [2.05, 4.69) is 5.32 Å². The molecule has 4 nitrogen and oxygen atoms in total. The lowest BCUT2D eigenvalue weighted by Gasteiger charge is -2.12. The van der Waals surface area contributed by atoms with Crippen LogP contribution in [0.25, 0.3) is 0 Å². The Kier molecular flexibility index (Phi) is 5.22. The molecule has 1 aromatic rings. The molecule has 1 heterocycles. The molecule has 19 heavy (non-hydrogen) atoms. The third-order valence-electron chi connectivity index (χ3n) is 3.14. The molecule has 0 radical (unpaired) electrons. The minimum atomic E-state index is -0.780. The highest BCUT2D eigenvalue weighted by Gasteiger charge is 2.11. The molecular formula is C14H21NO3S. The summed E-state index contributed by atoms with van der Waals surface area (Å²) in [7, 11) is -0.780. The van der Waals surface area contributed by atoms with Gasteiger partial charge in [-0.3, -0.25) is 4.21 Å². The Morgan fingerprint density at radius 3 is 2.79 bits per heavy atom. The lowest BCUT2D eigenvalue weighted by molar-refractivity contribution is 0.297. The van der Waals surface area contributed by atoms with Gasteiger partial charge in [-0.2, -0.15) is 0 Å². The van der Waals surface area contributed by atoms with Crippen LogP contribution in [0.4, 0.5) is 0 Å². The van der Waals surface area contributed by atoms with Gasteiger partial charge in [0.1, 0.15) is 0 Å². The van der Waals surface area contributed by atoms with Gasteiger partial charge in [-0.15, -0.1) is 0 Å². The van der Waals surface area contributed by atoms with Crippen LogP contribution in [-0.4, -0.2) is 35.5 Å². The van der Waals surface area contributed by atoms with Crippen LogP contribution >= 0.6 is 0 Å². The fourth-order valence-electron chi connectivity index (χ4n) is 1.85. The van der Waals surface area contributed by atoms with E-state index >= 15 is 0 Å². The maximum atomic E-state index is 11.3. The summed E-state index contributed by atoms with van der Waals surface area (Å²) in [5, 5.41) is 3.48. The summed E-state index contributed by atoms with van der Waals surface area (Å²) in [6.07, 6.45) is 2.65. The molecule has 2 rings (SSSR count). The molecule has 0 bridgehead atoms. The maximum absolute atomic E-state index is 11.3. The molecule has 1 aliphatic rings. The standard InChI is InChI=1S/C14H21NO3S/c1-11(19(2)16)9-15-10-12-4-5-13-14(8-12)18-7-3-6-17-13/h4-5,8,11,15H,3,6-7,9-10H2,1-2H3. The van der Waals surface area contributed by atoms with Crippen LogP contribution in [-0.2, 0) is 17.3 Å². The molecule has 2 atom stereocenters. The van der Waals surface area contributed by atoms with Crippen molar-refractivity contribution >= 4 is 10.8 Å². The van der Waals surface area contributed by atoms with Gasteiger partial charge in [-0.05, 0) is 24.6 Å². The molecule has 0 saturated carbocycles. The van der Waals surface area contributed by atoms with Gasteiger partial charge >= 0.3 is 0 Å². The highest BCUT2D eigenvalue weighted by molar-refractivity contribution is 7.84. The first kappa shape index (κ1) is 14.3. The van der Waals surface area contributed by atoms with E-state index in [4.69, 9.17) is 9.47 Å². The first-order valence-corrected chi connectivity index (χ1v) is 8.20. The molecule has 0 spiro atoms. The Morgan fingerprint density at radius 1 is 1.32 bits per heavy atom.